The predicted octanol–water partition coefficient (Wildman–Crippen LogP) is 2.62. The molecule has 0 aromatic heterocycles. The van der Waals surface area contributed by atoms with Gasteiger partial charge in [0.2, 0.25) is 5.91 Å². The van der Waals surface area contributed by atoms with Crippen LogP contribution in [0.3, 0.4) is 0 Å². The average Bonchev–Trinajstić information content (AvgIpc) is 2.92. The summed E-state index contributed by atoms with van der Waals surface area (Å²) in [6.45, 7) is 3.67. The second-order valence-corrected chi connectivity index (χ2v) is 6.09. The van der Waals surface area contributed by atoms with Gasteiger partial charge in [-0.25, -0.2) is 0 Å². The maximum atomic E-state index is 12.3. The molecule has 1 fully saturated rings. The zero-order valence-corrected chi connectivity index (χ0v) is 14.9. The van der Waals surface area contributed by atoms with E-state index in [0.717, 1.165) is 25.8 Å². The largest absolute Gasteiger partial charge is 0.379 e. The topological polar surface area (TPSA) is 50.4 Å². The molecule has 0 spiro atoms. The van der Waals surface area contributed by atoms with Crippen LogP contribution in [0.15, 0.2) is 36.5 Å². The molecular formula is C18H29ClN2O2. The van der Waals surface area contributed by atoms with Gasteiger partial charge in [0.05, 0.1) is 12.0 Å². The van der Waals surface area contributed by atoms with Crippen LogP contribution in [0.25, 0.3) is 0 Å². The summed E-state index contributed by atoms with van der Waals surface area (Å²) < 4.78 is 5.58. The molecule has 23 heavy (non-hydrogen) atoms. The Bertz CT molecular complexity index is 426. The third-order valence-corrected chi connectivity index (χ3v) is 4.50. The smallest absolute Gasteiger partial charge is 0.225 e. The summed E-state index contributed by atoms with van der Waals surface area (Å²) >= 11 is 0. The number of nitrogens with one attached hydrogen (secondary N) is 2. The highest BCUT2D eigenvalue weighted by Gasteiger charge is 2.32. The number of carbonyl (C=O) groups is 1. The van der Waals surface area contributed by atoms with Crippen molar-refractivity contribution in [3.8, 4) is 0 Å². The van der Waals surface area contributed by atoms with Gasteiger partial charge in [0.15, 0.2) is 0 Å². The fourth-order valence-corrected chi connectivity index (χ4v) is 3.18. The molecular weight excluding hydrogens is 312 g/mol. The Morgan fingerprint density at radius 2 is 2.00 bits per heavy atom. The lowest BCUT2D eigenvalue weighted by atomic mass is 9.95. The SMILES string of the molecule is CO[C@@H]([C@@H]1CCCN1)[C@@H](C)C(=O)NCCC1C=CC=CC=C1.Cl. The van der Waals surface area contributed by atoms with Crippen molar-refractivity contribution in [1.82, 2.24) is 10.6 Å². The van der Waals surface area contributed by atoms with Crippen molar-refractivity contribution in [2.45, 2.75) is 38.3 Å². The van der Waals surface area contributed by atoms with E-state index in [0.29, 0.717) is 18.5 Å². The summed E-state index contributed by atoms with van der Waals surface area (Å²) in [6, 6.07) is 0.296. The second-order valence-electron chi connectivity index (χ2n) is 6.09. The maximum absolute atomic E-state index is 12.3. The lowest BCUT2D eigenvalue weighted by Crippen LogP contribution is -2.46. The fourth-order valence-electron chi connectivity index (χ4n) is 3.18. The number of ether oxygens (including phenoxy) is 1. The Balaban J connectivity index is 0.00000264. The molecule has 4 nitrogen and oxygen atoms in total. The first-order valence-corrected chi connectivity index (χ1v) is 8.28. The first-order chi connectivity index (χ1) is 10.7. The van der Waals surface area contributed by atoms with Crippen molar-refractivity contribution in [3.05, 3.63) is 36.5 Å². The number of carbonyl (C=O) groups excluding carboxylic acids is 1. The summed E-state index contributed by atoms with van der Waals surface area (Å²) in [6.07, 6.45) is 15.6. The van der Waals surface area contributed by atoms with Crippen LogP contribution in [0.1, 0.15) is 26.2 Å². The molecule has 1 aliphatic heterocycles. The zero-order valence-electron chi connectivity index (χ0n) is 14.0. The third kappa shape index (κ3) is 6.13. The Kier molecular flexibility index (Phi) is 9.22. The van der Waals surface area contributed by atoms with E-state index in [1.807, 2.05) is 19.1 Å². The van der Waals surface area contributed by atoms with Crippen molar-refractivity contribution in [3.63, 3.8) is 0 Å². The van der Waals surface area contributed by atoms with Gasteiger partial charge in [-0.05, 0) is 31.7 Å². The zero-order chi connectivity index (χ0) is 15.8. The molecule has 1 saturated heterocycles. The van der Waals surface area contributed by atoms with Gasteiger partial charge >= 0.3 is 0 Å². The molecule has 1 amide bonds. The van der Waals surface area contributed by atoms with Gasteiger partial charge in [0.25, 0.3) is 0 Å². The molecule has 0 unspecified atom stereocenters. The quantitative estimate of drug-likeness (QED) is 0.749. The summed E-state index contributed by atoms with van der Waals surface area (Å²) in [7, 11) is 1.70. The average molecular weight is 341 g/mol. The van der Waals surface area contributed by atoms with E-state index in [-0.39, 0.29) is 30.3 Å². The van der Waals surface area contributed by atoms with Crippen LogP contribution in [-0.4, -0.2) is 38.3 Å². The normalized spacial score (nSPS) is 23.1. The molecule has 3 atom stereocenters. The summed E-state index contributed by atoms with van der Waals surface area (Å²) in [5, 5.41) is 6.48. The van der Waals surface area contributed by atoms with Crippen LogP contribution in [0.2, 0.25) is 0 Å². The summed E-state index contributed by atoms with van der Waals surface area (Å²) in [5.41, 5.74) is 0. The van der Waals surface area contributed by atoms with Crippen molar-refractivity contribution in [2.75, 3.05) is 20.2 Å². The summed E-state index contributed by atoms with van der Waals surface area (Å²) in [4.78, 5) is 12.3. The molecule has 2 rings (SSSR count). The van der Waals surface area contributed by atoms with Gasteiger partial charge in [-0.1, -0.05) is 43.4 Å². The van der Waals surface area contributed by atoms with Crippen molar-refractivity contribution >= 4 is 18.3 Å². The predicted molar refractivity (Wildman–Crippen MR) is 96.8 cm³/mol. The van der Waals surface area contributed by atoms with Gasteiger partial charge < -0.3 is 15.4 Å². The van der Waals surface area contributed by atoms with Crippen molar-refractivity contribution in [2.24, 2.45) is 11.8 Å². The van der Waals surface area contributed by atoms with E-state index < -0.39 is 0 Å². The van der Waals surface area contributed by atoms with Crippen LogP contribution in [0.5, 0.6) is 0 Å². The molecule has 130 valence electrons. The lowest BCUT2D eigenvalue weighted by Gasteiger charge is -2.27. The minimum Gasteiger partial charge on any atom is -0.379 e. The maximum Gasteiger partial charge on any atom is 0.225 e. The highest BCUT2D eigenvalue weighted by Crippen LogP contribution is 2.19. The number of amides is 1. The van der Waals surface area contributed by atoms with Gasteiger partial charge in [-0.2, -0.15) is 0 Å². The van der Waals surface area contributed by atoms with Crippen LogP contribution < -0.4 is 10.6 Å². The standard InChI is InChI=1S/C18H28N2O2.ClH/c1-14(17(22-2)16-10-7-12-19-16)18(21)20-13-11-15-8-5-3-4-6-9-15;/h3-6,8-9,14-17,19H,7,10-13H2,1-2H3,(H,20,21);1H/t14-,16+,17-;/m1./s1. The molecule has 2 aliphatic rings. The molecule has 0 aromatic rings. The molecule has 0 bridgehead atoms. The van der Waals surface area contributed by atoms with Crippen LogP contribution in [0.4, 0.5) is 0 Å². The van der Waals surface area contributed by atoms with Crippen LogP contribution in [0, 0.1) is 11.8 Å². The monoisotopic (exact) mass is 340 g/mol. The van der Waals surface area contributed by atoms with E-state index in [4.69, 9.17) is 4.74 Å². The Hall–Kier alpha value is -1.10. The highest BCUT2D eigenvalue weighted by molar-refractivity contribution is 5.85. The van der Waals surface area contributed by atoms with E-state index >= 15 is 0 Å². The van der Waals surface area contributed by atoms with Crippen LogP contribution >= 0.6 is 12.4 Å². The van der Waals surface area contributed by atoms with Gasteiger partial charge in [0.1, 0.15) is 0 Å². The van der Waals surface area contributed by atoms with E-state index in [9.17, 15) is 4.79 Å². The van der Waals surface area contributed by atoms with Gasteiger partial charge in [0, 0.05) is 19.7 Å². The van der Waals surface area contributed by atoms with Crippen LogP contribution in [-0.2, 0) is 9.53 Å². The highest BCUT2D eigenvalue weighted by atomic mass is 35.5. The number of halogens is 1. The molecule has 1 aliphatic carbocycles. The van der Waals surface area contributed by atoms with E-state index in [2.05, 4.69) is 34.9 Å². The van der Waals surface area contributed by atoms with E-state index in [1.165, 1.54) is 0 Å². The van der Waals surface area contributed by atoms with Gasteiger partial charge in [-0.3, -0.25) is 4.79 Å². The van der Waals surface area contributed by atoms with Gasteiger partial charge in [-0.15, -0.1) is 12.4 Å². The number of rotatable bonds is 7. The lowest BCUT2D eigenvalue weighted by molar-refractivity contribution is -0.129. The first kappa shape index (κ1) is 19.9. The minimum absolute atomic E-state index is 0. The molecule has 0 saturated carbocycles. The molecule has 0 aromatic carbocycles. The number of allylic oxidation sites excluding steroid dienone is 6. The number of hydrogen-bond acceptors (Lipinski definition) is 3. The third-order valence-electron chi connectivity index (χ3n) is 4.50. The molecule has 0 radical (unpaired) electrons. The number of hydrogen-bond donors (Lipinski definition) is 2. The Morgan fingerprint density at radius 1 is 1.30 bits per heavy atom. The molecule has 2 N–H and O–H groups in total. The fraction of sp³-hybridized carbons (Fsp3) is 0.611. The summed E-state index contributed by atoms with van der Waals surface area (Å²) in [5.74, 6) is 0.336. The first-order valence-electron chi connectivity index (χ1n) is 8.28. The molecule has 1 heterocycles. The van der Waals surface area contributed by atoms with Crippen molar-refractivity contribution < 1.29 is 9.53 Å². The number of methoxy groups -OCH3 is 1. The van der Waals surface area contributed by atoms with E-state index in [1.54, 1.807) is 7.11 Å². The molecule has 5 heteroatoms. The second kappa shape index (κ2) is 10.6. The van der Waals surface area contributed by atoms with Crippen molar-refractivity contribution in [1.29, 1.82) is 0 Å². The minimum atomic E-state index is -0.137. The Morgan fingerprint density at radius 3 is 2.57 bits per heavy atom. The Labute approximate surface area is 145 Å².